The summed E-state index contributed by atoms with van der Waals surface area (Å²) in [6.07, 6.45) is 8.92. The number of piperidine rings is 1. The first-order chi connectivity index (χ1) is 10.7. The van der Waals surface area contributed by atoms with E-state index in [1.165, 1.54) is 12.8 Å². The second kappa shape index (κ2) is 6.65. The first-order valence-corrected chi connectivity index (χ1v) is 7.52. The van der Waals surface area contributed by atoms with Crippen LogP contribution in [0.4, 0.5) is 0 Å². The Morgan fingerprint density at radius 2 is 2.41 bits per heavy atom. The first-order valence-electron chi connectivity index (χ1n) is 7.52. The predicted octanol–water partition coefficient (Wildman–Crippen LogP) is 0.734. The molecular weight excluding hydrogens is 280 g/mol. The van der Waals surface area contributed by atoms with Gasteiger partial charge in [0.15, 0.2) is 0 Å². The van der Waals surface area contributed by atoms with Crippen molar-refractivity contribution in [1.29, 1.82) is 0 Å². The smallest absolute Gasteiger partial charge is 0.255 e. The van der Waals surface area contributed by atoms with Crippen LogP contribution in [0.2, 0.25) is 0 Å². The van der Waals surface area contributed by atoms with Crippen molar-refractivity contribution >= 4 is 5.91 Å². The monoisotopic (exact) mass is 300 g/mol. The number of hydrogen-bond acceptors (Lipinski definition) is 5. The molecule has 0 spiro atoms. The van der Waals surface area contributed by atoms with Crippen molar-refractivity contribution in [2.75, 3.05) is 26.7 Å². The molecule has 1 aliphatic heterocycles. The van der Waals surface area contributed by atoms with Crippen molar-refractivity contribution in [1.82, 2.24) is 30.2 Å². The van der Waals surface area contributed by atoms with Gasteiger partial charge in [-0.05, 0) is 37.9 Å². The molecule has 0 aliphatic carbocycles. The van der Waals surface area contributed by atoms with Gasteiger partial charge in [-0.3, -0.25) is 9.78 Å². The molecule has 2 aromatic heterocycles. The fourth-order valence-corrected chi connectivity index (χ4v) is 2.79. The van der Waals surface area contributed by atoms with Gasteiger partial charge in [-0.25, -0.2) is 4.68 Å². The fourth-order valence-electron chi connectivity index (χ4n) is 2.79. The van der Waals surface area contributed by atoms with E-state index in [0.29, 0.717) is 11.5 Å². The van der Waals surface area contributed by atoms with E-state index in [9.17, 15) is 4.79 Å². The standard InChI is InChI=1S/C15H20N6O/c1-20(11-12-3-2-4-16-8-12)15(22)13-7-14(10-17-9-13)21-6-5-18-19-21/h5-7,9-10,12,16H,2-4,8,11H2,1H3. The molecular formula is C15H20N6O. The summed E-state index contributed by atoms with van der Waals surface area (Å²) in [5.41, 5.74) is 1.30. The molecule has 7 heteroatoms. The molecule has 0 saturated carbocycles. The van der Waals surface area contributed by atoms with E-state index in [2.05, 4.69) is 20.6 Å². The van der Waals surface area contributed by atoms with Gasteiger partial charge in [0.1, 0.15) is 0 Å². The Kier molecular flexibility index (Phi) is 4.43. The van der Waals surface area contributed by atoms with Gasteiger partial charge in [0, 0.05) is 19.8 Å². The summed E-state index contributed by atoms with van der Waals surface area (Å²) >= 11 is 0. The highest BCUT2D eigenvalue weighted by Gasteiger charge is 2.19. The van der Waals surface area contributed by atoms with Gasteiger partial charge in [-0.15, -0.1) is 5.10 Å². The highest BCUT2D eigenvalue weighted by molar-refractivity contribution is 5.94. The Morgan fingerprint density at radius 3 is 3.14 bits per heavy atom. The predicted molar refractivity (Wildman–Crippen MR) is 81.7 cm³/mol. The maximum atomic E-state index is 12.6. The molecule has 7 nitrogen and oxygen atoms in total. The van der Waals surface area contributed by atoms with Crippen LogP contribution in [0.5, 0.6) is 0 Å². The summed E-state index contributed by atoms with van der Waals surface area (Å²) in [5, 5.41) is 11.1. The van der Waals surface area contributed by atoms with E-state index in [1.54, 1.807) is 40.4 Å². The lowest BCUT2D eigenvalue weighted by atomic mass is 9.99. The lowest BCUT2D eigenvalue weighted by Crippen LogP contribution is -2.39. The number of carbonyl (C=O) groups excluding carboxylic acids is 1. The summed E-state index contributed by atoms with van der Waals surface area (Å²) in [5.74, 6) is 0.509. The number of amides is 1. The van der Waals surface area contributed by atoms with Crippen molar-refractivity contribution in [2.24, 2.45) is 5.92 Å². The van der Waals surface area contributed by atoms with E-state index in [0.717, 1.165) is 25.3 Å². The quantitative estimate of drug-likeness (QED) is 0.901. The maximum absolute atomic E-state index is 12.6. The third-order valence-corrected chi connectivity index (χ3v) is 3.94. The molecule has 2 aromatic rings. The third kappa shape index (κ3) is 3.30. The lowest BCUT2D eigenvalue weighted by Gasteiger charge is -2.27. The number of nitrogens with one attached hydrogen (secondary N) is 1. The van der Waals surface area contributed by atoms with Crippen LogP contribution >= 0.6 is 0 Å². The molecule has 22 heavy (non-hydrogen) atoms. The van der Waals surface area contributed by atoms with Crippen molar-refractivity contribution in [2.45, 2.75) is 12.8 Å². The molecule has 3 heterocycles. The summed E-state index contributed by atoms with van der Waals surface area (Å²) in [4.78, 5) is 18.5. The minimum atomic E-state index is -0.0139. The number of aromatic nitrogens is 4. The summed E-state index contributed by atoms with van der Waals surface area (Å²) in [6.45, 7) is 2.83. The van der Waals surface area contributed by atoms with Crippen molar-refractivity contribution in [3.63, 3.8) is 0 Å². The van der Waals surface area contributed by atoms with E-state index in [-0.39, 0.29) is 5.91 Å². The molecule has 3 rings (SSSR count). The van der Waals surface area contributed by atoms with Gasteiger partial charge in [0.25, 0.3) is 5.91 Å². The van der Waals surface area contributed by atoms with Crippen LogP contribution in [-0.4, -0.2) is 57.5 Å². The van der Waals surface area contributed by atoms with Gasteiger partial charge in [0.2, 0.25) is 0 Å². The van der Waals surface area contributed by atoms with Crippen LogP contribution in [0, 0.1) is 5.92 Å². The normalized spacial score (nSPS) is 18.1. The van der Waals surface area contributed by atoms with Crippen LogP contribution in [0.1, 0.15) is 23.2 Å². The minimum absolute atomic E-state index is 0.0139. The highest BCUT2D eigenvalue weighted by atomic mass is 16.2. The molecule has 1 N–H and O–H groups in total. The average Bonchev–Trinajstić information content (AvgIpc) is 3.10. The summed E-state index contributed by atoms with van der Waals surface area (Å²) in [6, 6.07) is 1.79. The first kappa shape index (κ1) is 14.6. The molecule has 1 aliphatic rings. The van der Waals surface area contributed by atoms with Gasteiger partial charge in [0.05, 0.1) is 29.8 Å². The zero-order valence-corrected chi connectivity index (χ0v) is 12.6. The minimum Gasteiger partial charge on any atom is -0.341 e. The number of nitrogens with zero attached hydrogens (tertiary/aromatic N) is 5. The summed E-state index contributed by atoms with van der Waals surface area (Å²) in [7, 11) is 1.85. The van der Waals surface area contributed by atoms with Gasteiger partial charge >= 0.3 is 0 Å². The van der Waals surface area contributed by atoms with Gasteiger partial charge in [-0.2, -0.15) is 0 Å². The van der Waals surface area contributed by atoms with Crippen LogP contribution < -0.4 is 5.32 Å². The van der Waals surface area contributed by atoms with E-state index >= 15 is 0 Å². The van der Waals surface area contributed by atoms with Crippen LogP contribution in [0.15, 0.2) is 30.9 Å². The SMILES string of the molecule is CN(CC1CCCNC1)C(=O)c1cncc(-n2ccnn2)c1. The van der Waals surface area contributed by atoms with Crippen LogP contribution in [0.3, 0.4) is 0 Å². The van der Waals surface area contributed by atoms with E-state index < -0.39 is 0 Å². The van der Waals surface area contributed by atoms with Crippen LogP contribution in [0.25, 0.3) is 5.69 Å². The number of rotatable bonds is 4. The number of pyridine rings is 1. The molecule has 0 radical (unpaired) electrons. The number of carbonyl (C=O) groups is 1. The van der Waals surface area contributed by atoms with Crippen LogP contribution in [-0.2, 0) is 0 Å². The molecule has 0 aromatic carbocycles. The van der Waals surface area contributed by atoms with Gasteiger partial charge < -0.3 is 10.2 Å². The molecule has 1 saturated heterocycles. The van der Waals surface area contributed by atoms with Crippen molar-refractivity contribution in [3.05, 3.63) is 36.4 Å². The Hall–Kier alpha value is -2.28. The molecule has 1 atom stereocenters. The van der Waals surface area contributed by atoms with Gasteiger partial charge in [-0.1, -0.05) is 5.21 Å². The average molecular weight is 300 g/mol. The third-order valence-electron chi connectivity index (χ3n) is 3.94. The van der Waals surface area contributed by atoms with Crippen molar-refractivity contribution < 1.29 is 4.79 Å². The zero-order valence-electron chi connectivity index (χ0n) is 12.6. The zero-order chi connectivity index (χ0) is 15.4. The van der Waals surface area contributed by atoms with E-state index in [4.69, 9.17) is 0 Å². The summed E-state index contributed by atoms with van der Waals surface area (Å²) < 4.78 is 1.59. The molecule has 1 unspecified atom stereocenters. The Morgan fingerprint density at radius 1 is 1.50 bits per heavy atom. The molecule has 1 fully saturated rings. The second-order valence-corrected chi connectivity index (χ2v) is 5.68. The second-order valence-electron chi connectivity index (χ2n) is 5.68. The molecule has 0 bridgehead atoms. The van der Waals surface area contributed by atoms with Crippen molar-refractivity contribution in [3.8, 4) is 5.69 Å². The largest absolute Gasteiger partial charge is 0.341 e. The Balaban J connectivity index is 1.70. The molecule has 116 valence electrons. The number of hydrogen-bond donors (Lipinski definition) is 1. The Labute approximate surface area is 129 Å². The Bertz CT molecular complexity index is 621. The fraction of sp³-hybridized carbons (Fsp3) is 0.467. The van der Waals surface area contributed by atoms with E-state index in [1.807, 2.05) is 7.05 Å². The highest BCUT2D eigenvalue weighted by Crippen LogP contribution is 2.14. The molecule has 1 amide bonds. The lowest BCUT2D eigenvalue weighted by molar-refractivity contribution is 0.0764. The topological polar surface area (TPSA) is 75.9 Å². The maximum Gasteiger partial charge on any atom is 0.255 e.